The Bertz CT molecular complexity index is 588. The summed E-state index contributed by atoms with van der Waals surface area (Å²) < 4.78 is 13.5. The molecule has 1 fully saturated rings. The minimum atomic E-state index is -0.175. The predicted octanol–water partition coefficient (Wildman–Crippen LogP) is 4.05. The van der Waals surface area contributed by atoms with Crippen LogP contribution in [0.4, 0.5) is 4.39 Å². The molecule has 1 N–H and O–H groups in total. The van der Waals surface area contributed by atoms with Gasteiger partial charge in [0.05, 0.1) is 0 Å². The van der Waals surface area contributed by atoms with Crippen molar-refractivity contribution in [2.75, 3.05) is 0 Å². The van der Waals surface area contributed by atoms with E-state index in [0.717, 1.165) is 23.2 Å². The van der Waals surface area contributed by atoms with E-state index in [-0.39, 0.29) is 5.82 Å². The van der Waals surface area contributed by atoms with Gasteiger partial charge in [-0.15, -0.1) is 0 Å². The van der Waals surface area contributed by atoms with Crippen LogP contribution in [-0.4, -0.2) is 6.04 Å². The molecule has 0 unspecified atom stereocenters. The lowest BCUT2D eigenvalue weighted by Crippen LogP contribution is -2.15. The molecule has 0 aromatic heterocycles. The number of benzene rings is 2. The normalized spacial score (nSPS) is 14.6. The largest absolute Gasteiger partial charge is 0.310 e. The van der Waals surface area contributed by atoms with Crippen molar-refractivity contribution in [3.05, 3.63) is 59.4 Å². The Labute approximate surface area is 113 Å². The van der Waals surface area contributed by atoms with Gasteiger partial charge in [-0.1, -0.05) is 30.3 Å². The first kappa shape index (κ1) is 12.4. The highest BCUT2D eigenvalue weighted by molar-refractivity contribution is 5.70. The zero-order valence-corrected chi connectivity index (χ0v) is 11.1. The third-order valence-corrected chi connectivity index (χ3v) is 3.67. The van der Waals surface area contributed by atoms with Gasteiger partial charge in [0.25, 0.3) is 0 Å². The van der Waals surface area contributed by atoms with Gasteiger partial charge < -0.3 is 5.32 Å². The summed E-state index contributed by atoms with van der Waals surface area (Å²) in [6.07, 6.45) is 2.56. The van der Waals surface area contributed by atoms with Gasteiger partial charge in [0.2, 0.25) is 0 Å². The molecule has 0 atom stereocenters. The molecule has 1 saturated carbocycles. The Balaban J connectivity index is 1.95. The molecule has 0 aliphatic heterocycles. The van der Waals surface area contributed by atoms with Crippen molar-refractivity contribution in [1.29, 1.82) is 0 Å². The lowest BCUT2D eigenvalue weighted by molar-refractivity contribution is 0.628. The van der Waals surface area contributed by atoms with E-state index in [1.165, 1.54) is 24.5 Å². The Hall–Kier alpha value is -1.67. The van der Waals surface area contributed by atoms with Crippen molar-refractivity contribution in [3.8, 4) is 11.1 Å². The number of hydrogen-bond donors (Lipinski definition) is 1. The number of aryl methyl sites for hydroxylation is 1. The highest BCUT2D eigenvalue weighted by atomic mass is 19.1. The second-order valence-corrected chi connectivity index (χ2v) is 5.27. The van der Waals surface area contributed by atoms with Crippen LogP contribution >= 0.6 is 0 Å². The van der Waals surface area contributed by atoms with Gasteiger partial charge in [0.15, 0.2) is 0 Å². The minimum absolute atomic E-state index is 0.175. The standard InChI is InChI=1S/C17H18FN/c1-12-6-7-14(18)10-17(12)16-5-3-2-4-13(16)11-19-15-8-9-15/h2-7,10,15,19H,8-9,11H2,1H3. The molecule has 1 aliphatic rings. The molecule has 98 valence electrons. The maximum absolute atomic E-state index is 13.5. The van der Waals surface area contributed by atoms with Crippen molar-refractivity contribution in [2.24, 2.45) is 0 Å². The van der Waals surface area contributed by atoms with Crippen molar-refractivity contribution in [2.45, 2.75) is 32.4 Å². The van der Waals surface area contributed by atoms with Crippen LogP contribution in [0.25, 0.3) is 11.1 Å². The van der Waals surface area contributed by atoms with E-state index >= 15 is 0 Å². The van der Waals surface area contributed by atoms with Gasteiger partial charge in [0.1, 0.15) is 5.82 Å². The fourth-order valence-corrected chi connectivity index (χ4v) is 2.36. The molecule has 1 nitrogen and oxygen atoms in total. The molecule has 0 saturated heterocycles. The molecule has 0 amide bonds. The molecular weight excluding hydrogens is 237 g/mol. The molecule has 19 heavy (non-hydrogen) atoms. The van der Waals surface area contributed by atoms with Gasteiger partial charge >= 0.3 is 0 Å². The van der Waals surface area contributed by atoms with Gasteiger partial charge in [-0.25, -0.2) is 4.39 Å². The average Bonchev–Trinajstić information content (AvgIpc) is 3.24. The van der Waals surface area contributed by atoms with Crippen LogP contribution in [0.3, 0.4) is 0 Å². The summed E-state index contributed by atoms with van der Waals surface area (Å²) in [6, 6.07) is 13.9. The monoisotopic (exact) mass is 255 g/mol. The second-order valence-electron chi connectivity index (χ2n) is 5.27. The molecule has 3 rings (SSSR count). The highest BCUT2D eigenvalue weighted by Gasteiger charge is 2.20. The van der Waals surface area contributed by atoms with E-state index in [0.29, 0.717) is 6.04 Å². The van der Waals surface area contributed by atoms with Gasteiger partial charge in [-0.05, 0) is 54.2 Å². The van der Waals surface area contributed by atoms with Gasteiger partial charge in [-0.3, -0.25) is 0 Å². The van der Waals surface area contributed by atoms with Crippen molar-refractivity contribution < 1.29 is 4.39 Å². The fraction of sp³-hybridized carbons (Fsp3) is 0.294. The molecular formula is C17H18FN. The average molecular weight is 255 g/mol. The van der Waals surface area contributed by atoms with Crippen LogP contribution in [0.15, 0.2) is 42.5 Å². The zero-order valence-electron chi connectivity index (χ0n) is 11.1. The summed E-state index contributed by atoms with van der Waals surface area (Å²) in [5.74, 6) is -0.175. The Morgan fingerprint density at radius 3 is 2.68 bits per heavy atom. The van der Waals surface area contributed by atoms with Crippen molar-refractivity contribution >= 4 is 0 Å². The Morgan fingerprint density at radius 1 is 1.11 bits per heavy atom. The summed E-state index contributed by atoms with van der Waals surface area (Å²) >= 11 is 0. The van der Waals surface area contributed by atoms with Crippen molar-refractivity contribution in [3.63, 3.8) is 0 Å². The summed E-state index contributed by atoms with van der Waals surface area (Å²) in [4.78, 5) is 0. The van der Waals surface area contributed by atoms with Crippen LogP contribution in [-0.2, 0) is 6.54 Å². The molecule has 0 heterocycles. The van der Waals surface area contributed by atoms with E-state index in [4.69, 9.17) is 0 Å². The van der Waals surface area contributed by atoms with E-state index in [1.807, 2.05) is 25.1 Å². The van der Waals surface area contributed by atoms with Crippen LogP contribution in [0.1, 0.15) is 24.0 Å². The van der Waals surface area contributed by atoms with Crippen LogP contribution in [0.2, 0.25) is 0 Å². The minimum Gasteiger partial charge on any atom is -0.310 e. The number of rotatable bonds is 4. The third-order valence-electron chi connectivity index (χ3n) is 3.67. The zero-order chi connectivity index (χ0) is 13.2. The second kappa shape index (κ2) is 5.14. The number of hydrogen-bond acceptors (Lipinski definition) is 1. The van der Waals surface area contributed by atoms with E-state index in [2.05, 4.69) is 17.4 Å². The predicted molar refractivity (Wildman–Crippen MR) is 76.4 cm³/mol. The quantitative estimate of drug-likeness (QED) is 0.869. The first-order valence-corrected chi connectivity index (χ1v) is 6.82. The lowest BCUT2D eigenvalue weighted by Gasteiger charge is -2.12. The first-order chi connectivity index (χ1) is 9.24. The molecule has 2 aromatic carbocycles. The van der Waals surface area contributed by atoms with Crippen LogP contribution < -0.4 is 5.32 Å². The molecule has 0 spiro atoms. The van der Waals surface area contributed by atoms with E-state index < -0.39 is 0 Å². The van der Waals surface area contributed by atoms with Gasteiger partial charge in [-0.2, -0.15) is 0 Å². The first-order valence-electron chi connectivity index (χ1n) is 6.82. The number of halogens is 1. The molecule has 0 bridgehead atoms. The molecule has 1 aliphatic carbocycles. The van der Waals surface area contributed by atoms with Crippen LogP contribution in [0.5, 0.6) is 0 Å². The lowest BCUT2D eigenvalue weighted by atomic mass is 9.96. The fourth-order valence-electron chi connectivity index (χ4n) is 2.36. The summed E-state index contributed by atoms with van der Waals surface area (Å²) in [6.45, 7) is 2.89. The Morgan fingerprint density at radius 2 is 1.89 bits per heavy atom. The Kier molecular flexibility index (Phi) is 3.34. The molecule has 2 aromatic rings. The van der Waals surface area contributed by atoms with E-state index in [1.54, 1.807) is 6.07 Å². The highest BCUT2D eigenvalue weighted by Crippen LogP contribution is 2.28. The maximum atomic E-state index is 13.5. The SMILES string of the molecule is Cc1ccc(F)cc1-c1ccccc1CNC1CC1. The van der Waals surface area contributed by atoms with E-state index in [9.17, 15) is 4.39 Å². The van der Waals surface area contributed by atoms with Gasteiger partial charge in [0, 0.05) is 12.6 Å². The third kappa shape index (κ3) is 2.85. The smallest absolute Gasteiger partial charge is 0.123 e. The summed E-state index contributed by atoms with van der Waals surface area (Å²) in [5.41, 5.74) is 4.48. The summed E-state index contributed by atoms with van der Waals surface area (Å²) in [7, 11) is 0. The maximum Gasteiger partial charge on any atom is 0.123 e. The van der Waals surface area contributed by atoms with Crippen molar-refractivity contribution in [1.82, 2.24) is 5.32 Å². The molecule has 2 heteroatoms. The molecule has 0 radical (unpaired) electrons. The number of nitrogens with one attached hydrogen (secondary N) is 1. The topological polar surface area (TPSA) is 12.0 Å². The summed E-state index contributed by atoms with van der Waals surface area (Å²) in [5, 5.41) is 3.52. The van der Waals surface area contributed by atoms with Crippen LogP contribution in [0, 0.1) is 12.7 Å².